The van der Waals surface area contributed by atoms with Gasteiger partial charge in [-0.25, -0.2) is 23.8 Å². The van der Waals surface area contributed by atoms with Crippen LogP contribution in [0.5, 0.6) is 5.75 Å². The summed E-state index contributed by atoms with van der Waals surface area (Å²) in [6.45, 7) is -1.09. The van der Waals surface area contributed by atoms with Gasteiger partial charge in [-0.2, -0.15) is 65.9 Å². The lowest BCUT2D eigenvalue weighted by Gasteiger charge is -2.36. The molecular weight excluding hydrogens is 756 g/mol. The summed E-state index contributed by atoms with van der Waals surface area (Å²) in [7, 11) is 0. The van der Waals surface area contributed by atoms with Gasteiger partial charge in [-0.15, -0.1) is 0 Å². The molecule has 0 radical (unpaired) electrons. The van der Waals surface area contributed by atoms with Crippen LogP contribution in [0.25, 0.3) is 11.4 Å². The van der Waals surface area contributed by atoms with Crippen LogP contribution in [0, 0.1) is 0 Å². The zero-order valence-electron chi connectivity index (χ0n) is 26.9. The normalized spacial score (nSPS) is 14.5. The van der Waals surface area contributed by atoms with Crippen LogP contribution in [0.4, 0.5) is 70.2 Å². The number of hydrogen-bond donors (Lipinski definition) is 0. The van der Waals surface area contributed by atoms with Crippen molar-refractivity contribution in [2.24, 2.45) is 0 Å². The molecule has 0 aliphatic heterocycles. The quantitative estimate of drug-likeness (QED) is 0.0826. The molecule has 0 bridgehead atoms. The lowest BCUT2D eigenvalue weighted by Crippen LogP contribution is -2.64. The fourth-order valence-corrected chi connectivity index (χ4v) is 4.05. The predicted octanol–water partition coefficient (Wildman–Crippen LogP) is 10.4. The van der Waals surface area contributed by atoms with E-state index >= 15 is 0 Å². The number of halogens is 16. The predicted molar refractivity (Wildman–Crippen MR) is 148 cm³/mol. The highest BCUT2D eigenvalue weighted by molar-refractivity contribution is 5.55. The Labute approximate surface area is 285 Å². The van der Waals surface area contributed by atoms with E-state index in [-0.39, 0.29) is 12.8 Å². The molecule has 298 valence electrons. The van der Waals surface area contributed by atoms with Gasteiger partial charge in [-0.05, 0) is 31.2 Å². The molecule has 0 fully saturated rings. The van der Waals surface area contributed by atoms with Gasteiger partial charge in [0.15, 0.2) is 11.6 Å². The Morgan fingerprint density at radius 1 is 0.654 bits per heavy atom. The number of unbranched alkanes of at least 4 members (excludes halogenated alkanes) is 4. The van der Waals surface area contributed by atoms with Crippen LogP contribution in [0.1, 0.15) is 57.4 Å². The third kappa shape index (κ3) is 12.2. The molecule has 2 rings (SSSR count). The molecule has 0 saturated heterocycles. The average molecular weight is 789 g/mol. The molecule has 0 spiro atoms. The third-order valence-corrected chi connectivity index (χ3v) is 6.90. The molecule has 1 atom stereocenters. The maximum absolute atomic E-state index is 14.0. The first-order valence-corrected chi connectivity index (χ1v) is 15.3. The molecule has 22 heteroatoms. The molecule has 0 aliphatic carbocycles. The topological polar surface area (TPSA) is 62.7 Å². The Morgan fingerprint density at radius 3 is 1.77 bits per heavy atom. The lowest BCUT2D eigenvalue weighted by atomic mass is 10.0. The van der Waals surface area contributed by atoms with Crippen LogP contribution >= 0.6 is 0 Å². The fourth-order valence-electron chi connectivity index (χ4n) is 4.05. The van der Waals surface area contributed by atoms with Crippen LogP contribution in [-0.4, -0.2) is 78.4 Å². The van der Waals surface area contributed by atoms with Gasteiger partial charge in [0.05, 0.1) is 25.6 Å². The van der Waals surface area contributed by atoms with E-state index in [4.69, 9.17) is 4.74 Å². The highest BCUT2D eigenvalue weighted by Gasteiger charge is 2.85. The van der Waals surface area contributed by atoms with Crippen molar-refractivity contribution in [2.45, 2.75) is 107 Å². The third-order valence-electron chi connectivity index (χ3n) is 6.90. The van der Waals surface area contributed by atoms with Gasteiger partial charge in [0.2, 0.25) is 0 Å². The van der Waals surface area contributed by atoms with E-state index in [2.05, 4.69) is 19.4 Å². The largest absolute Gasteiger partial charge is 0.490 e. The summed E-state index contributed by atoms with van der Waals surface area (Å²) in [5.41, 5.74) is 1.75. The summed E-state index contributed by atoms with van der Waals surface area (Å²) in [5, 5.41) is 0. The van der Waals surface area contributed by atoms with Crippen molar-refractivity contribution in [3.63, 3.8) is 0 Å². The summed E-state index contributed by atoms with van der Waals surface area (Å²) < 4.78 is 223. The van der Waals surface area contributed by atoms with E-state index < -0.39 is 61.8 Å². The van der Waals surface area contributed by atoms with E-state index in [0.29, 0.717) is 43.9 Å². The molecule has 0 N–H and O–H groups in total. The van der Waals surface area contributed by atoms with Gasteiger partial charge in [0.25, 0.3) is 0 Å². The van der Waals surface area contributed by atoms with Gasteiger partial charge in [0, 0.05) is 5.56 Å². The first-order valence-electron chi connectivity index (χ1n) is 15.3. The number of alkyl halides is 16. The average Bonchev–Trinajstić information content (AvgIpc) is 3.01. The van der Waals surface area contributed by atoms with Crippen molar-refractivity contribution in [1.82, 2.24) is 9.97 Å². The Kier molecular flexibility index (Phi) is 15.4. The summed E-state index contributed by atoms with van der Waals surface area (Å²) >= 11 is 0. The van der Waals surface area contributed by atoms with Gasteiger partial charge >= 0.3 is 42.5 Å². The summed E-state index contributed by atoms with van der Waals surface area (Å²) in [6, 6.07) is 7.40. The SMILES string of the molecule is CCCCOc1cnc(-c2ccc(CCCCCC[C@H](F)COCC(F)(F)OC(F)(F)C(F)(F)OC(F)(F)C(F)(F)C(F)(F)C(F)(F)F)cc2)nc1. The highest BCUT2D eigenvalue weighted by Crippen LogP contribution is 2.56. The molecular formula is C30H32F16N2O4. The summed E-state index contributed by atoms with van der Waals surface area (Å²) in [5.74, 6) is -14.7. The monoisotopic (exact) mass is 788 g/mol. The Bertz CT molecular complexity index is 1360. The molecule has 1 aromatic heterocycles. The van der Waals surface area contributed by atoms with Crippen LogP contribution in [0.3, 0.4) is 0 Å². The minimum absolute atomic E-state index is 0.194. The fraction of sp³-hybridized carbons (Fsp3) is 0.667. The number of nitrogens with zero attached hydrogens (tertiary/aromatic N) is 2. The minimum Gasteiger partial charge on any atom is -0.490 e. The van der Waals surface area contributed by atoms with Crippen molar-refractivity contribution in [1.29, 1.82) is 0 Å². The van der Waals surface area contributed by atoms with Crippen LogP contribution in [0.15, 0.2) is 36.7 Å². The summed E-state index contributed by atoms with van der Waals surface area (Å²) in [4.78, 5) is 8.56. The van der Waals surface area contributed by atoms with Crippen molar-refractivity contribution in [3.05, 3.63) is 42.2 Å². The van der Waals surface area contributed by atoms with Gasteiger partial charge in [0.1, 0.15) is 12.8 Å². The standard InChI is InChI=1S/C30H32F16N2O4/c1-2-3-14-50-22-15-47-23(48-16-22)20-12-10-19(11-13-20)8-6-4-5-7-9-21(31)17-49-18-24(32,33)51-29(43,44)30(45,46)52-28(41,42)26(36,37)25(34,35)27(38,39)40/h10-13,15-16,21H,2-9,14,17-18H2,1H3/t21-/m0/s1. The van der Waals surface area contributed by atoms with E-state index in [9.17, 15) is 70.2 Å². The second-order valence-corrected chi connectivity index (χ2v) is 11.2. The maximum atomic E-state index is 14.0. The molecule has 1 heterocycles. The molecule has 0 amide bonds. The summed E-state index contributed by atoms with van der Waals surface area (Å²) in [6.07, 6.45) is -30.0. The zero-order chi connectivity index (χ0) is 39.7. The Morgan fingerprint density at radius 2 is 1.21 bits per heavy atom. The van der Waals surface area contributed by atoms with Crippen molar-refractivity contribution < 1.29 is 89.2 Å². The van der Waals surface area contributed by atoms with Crippen LogP contribution in [0.2, 0.25) is 0 Å². The zero-order valence-corrected chi connectivity index (χ0v) is 26.9. The Balaban J connectivity index is 1.73. The second kappa shape index (κ2) is 17.8. The van der Waals surface area contributed by atoms with Crippen molar-refractivity contribution in [2.75, 3.05) is 19.8 Å². The molecule has 52 heavy (non-hydrogen) atoms. The molecule has 6 nitrogen and oxygen atoms in total. The molecule has 2 aromatic rings. The van der Waals surface area contributed by atoms with Crippen molar-refractivity contribution in [3.8, 4) is 17.1 Å². The highest BCUT2D eigenvalue weighted by atomic mass is 19.4. The van der Waals surface area contributed by atoms with Gasteiger partial charge < -0.3 is 9.47 Å². The number of rotatable bonds is 23. The van der Waals surface area contributed by atoms with E-state index in [0.717, 1.165) is 24.0 Å². The lowest BCUT2D eigenvalue weighted by molar-refractivity contribution is -0.543. The number of aromatic nitrogens is 2. The molecule has 0 saturated carbocycles. The molecule has 0 unspecified atom stereocenters. The Hall–Kier alpha value is -3.14. The smallest absolute Gasteiger partial charge is 0.460 e. The minimum atomic E-state index is -7.94. The van der Waals surface area contributed by atoms with E-state index in [1.165, 1.54) is 0 Å². The van der Waals surface area contributed by atoms with Gasteiger partial charge in [-0.1, -0.05) is 56.9 Å². The number of aryl methyl sites for hydroxylation is 1. The number of hydrogen-bond acceptors (Lipinski definition) is 6. The number of ether oxygens (including phenoxy) is 4. The van der Waals surface area contributed by atoms with Crippen LogP contribution < -0.4 is 4.74 Å². The van der Waals surface area contributed by atoms with E-state index in [1.54, 1.807) is 17.1 Å². The first-order chi connectivity index (χ1) is 23.8. The number of benzene rings is 1. The first kappa shape index (κ1) is 45.0. The van der Waals surface area contributed by atoms with Crippen LogP contribution in [-0.2, 0) is 20.6 Å². The maximum Gasteiger partial charge on any atom is 0.460 e. The van der Waals surface area contributed by atoms with Gasteiger partial charge in [-0.3, -0.25) is 0 Å². The second-order valence-electron chi connectivity index (χ2n) is 11.2. The molecule has 0 aliphatic rings. The van der Waals surface area contributed by atoms with E-state index in [1.807, 2.05) is 31.2 Å². The van der Waals surface area contributed by atoms with Crippen molar-refractivity contribution >= 4 is 0 Å². The molecule has 1 aromatic carbocycles.